The number of fused-ring (bicyclic) bond motifs is 4. The quantitative estimate of drug-likeness (QED) is 0.210. The van der Waals surface area contributed by atoms with Gasteiger partial charge in [0.1, 0.15) is 6.17 Å². The topological polar surface area (TPSA) is 15.3 Å². The summed E-state index contributed by atoms with van der Waals surface area (Å²) in [5.74, 6) is 0. The van der Waals surface area contributed by atoms with Crippen LogP contribution < -0.4 is 5.32 Å². The highest BCUT2D eigenvalue weighted by Gasteiger charge is 2.28. The van der Waals surface area contributed by atoms with Crippen molar-refractivity contribution in [3.05, 3.63) is 181 Å². The number of hydrogen-bond donors (Lipinski definition) is 1. The van der Waals surface area contributed by atoms with Crippen LogP contribution in [-0.4, -0.2) is 11.1 Å². The first-order valence-electron chi connectivity index (χ1n) is 15.6. The first kappa shape index (κ1) is 25.6. The Morgan fingerprint density at radius 2 is 1.04 bits per heavy atom. The summed E-state index contributed by atoms with van der Waals surface area (Å²) in [7, 11) is 0. The SMILES string of the molecule is C1=CN2C=C(c3ccc(-c4c5ccccc5c(-c5cccc6ccccc56)c5ccccc45)cc3)NC2C(c2ccccc2)=C1. The van der Waals surface area contributed by atoms with Crippen LogP contribution >= 0.6 is 0 Å². The van der Waals surface area contributed by atoms with E-state index in [0.29, 0.717) is 0 Å². The zero-order chi connectivity index (χ0) is 29.7. The van der Waals surface area contributed by atoms with E-state index in [2.05, 4.69) is 180 Å². The molecule has 2 aliphatic heterocycles. The maximum absolute atomic E-state index is 3.78. The molecule has 0 spiro atoms. The van der Waals surface area contributed by atoms with Crippen molar-refractivity contribution < 1.29 is 0 Å². The number of benzene rings is 7. The Morgan fingerprint density at radius 3 is 1.76 bits per heavy atom. The molecule has 2 aliphatic rings. The summed E-state index contributed by atoms with van der Waals surface area (Å²) >= 11 is 0. The van der Waals surface area contributed by atoms with Gasteiger partial charge in [-0.15, -0.1) is 0 Å². The molecule has 0 radical (unpaired) electrons. The van der Waals surface area contributed by atoms with Gasteiger partial charge in [-0.25, -0.2) is 0 Å². The van der Waals surface area contributed by atoms with Gasteiger partial charge in [0.05, 0.1) is 5.70 Å². The Hall–Kier alpha value is -5.86. The normalized spacial score (nSPS) is 15.6. The fraction of sp³-hybridized carbons (Fsp3) is 0.0233. The second-order valence-electron chi connectivity index (χ2n) is 11.8. The molecule has 2 heteroatoms. The first-order valence-corrected chi connectivity index (χ1v) is 15.6. The Morgan fingerprint density at radius 1 is 0.467 bits per heavy atom. The van der Waals surface area contributed by atoms with Crippen LogP contribution in [-0.2, 0) is 0 Å². The van der Waals surface area contributed by atoms with Gasteiger partial charge in [-0.1, -0.05) is 152 Å². The van der Waals surface area contributed by atoms with Gasteiger partial charge in [0, 0.05) is 18.0 Å². The van der Waals surface area contributed by atoms with Gasteiger partial charge in [0.25, 0.3) is 0 Å². The third kappa shape index (κ3) is 4.18. The van der Waals surface area contributed by atoms with Crippen LogP contribution in [0.25, 0.3) is 65.8 Å². The van der Waals surface area contributed by atoms with E-state index < -0.39 is 0 Å². The van der Waals surface area contributed by atoms with Gasteiger partial charge in [-0.3, -0.25) is 0 Å². The minimum atomic E-state index is 0.0848. The van der Waals surface area contributed by atoms with Crippen LogP contribution in [0.15, 0.2) is 170 Å². The summed E-state index contributed by atoms with van der Waals surface area (Å²) in [6.07, 6.45) is 8.78. The van der Waals surface area contributed by atoms with E-state index >= 15 is 0 Å². The van der Waals surface area contributed by atoms with Crippen molar-refractivity contribution in [1.82, 2.24) is 10.2 Å². The van der Waals surface area contributed by atoms with Crippen LogP contribution in [0, 0.1) is 0 Å². The van der Waals surface area contributed by atoms with E-state index in [1.54, 1.807) is 0 Å². The molecule has 1 atom stereocenters. The molecule has 9 rings (SSSR count). The Balaban J connectivity index is 1.15. The van der Waals surface area contributed by atoms with Crippen molar-refractivity contribution in [2.24, 2.45) is 0 Å². The predicted molar refractivity (Wildman–Crippen MR) is 190 cm³/mol. The van der Waals surface area contributed by atoms with Crippen molar-refractivity contribution in [2.75, 3.05) is 0 Å². The Labute approximate surface area is 262 Å². The largest absolute Gasteiger partial charge is 0.359 e. The predicted octanol–water partition coefficient (Wildman–Crippen LogP) is 10.6. The zero-order valence-corrected chi connectivity index (χ0v) is 24.7. The molecule has 7 aromatic carbocycles. The van der Waals surface area contributed by atoms with E-state index in [-0.39, 0.29) is 6.17 Å². The standard InChI is InChI=1S/C43H30N2/c1-2-12-30(13-3-1)34-22-11-27-45-28-40(44-43(34)45)31-23-25-32(26-24-31)41-36-17-6-8-19-38(36)42(39-20-9-7-18-37(39)41)35-21-10-15-29-14-4-5-16-33(29)35/h1-28,43-44H. The van der Waals surface area contributed by atoms with Crippen molar-refractivity contribution >= 4 is 43.6 Å². The Bertz CT molecular complexity index is 2280. The lowest BCUT2D eigenvalue weighted by Crippen LogP contribution is -2.35. The molecule has 2 heterocycles. The minimum absolute atomic E-state index is 0.0848. The van der Waals surface area contributed by atoms with Crippen LogP contribution in [0.3, 0.4) is 0 Å². The lowest BCUT2D eigenvalue weighted by atomic mass is 9.84. The van der Waals surface area contributed by atoms with Gasteiger partial charge in [-0.05, 0) is 71.8 Å². The highest BCUT2D eigenvalue weighted by Crippen LogP contribution is 2.45. The summed E-state index contributed by atoms with van der Waals surface area (Å²) in [5, 5.41) is 11.4. The zero-order valence-electron chi connectivity index (χ0n) is 24.7. The van der Waals surface area contributed by atoms with Crippen LogP contribution in [0.5, 0.6) is 0 Å². The molecule has 1 unspecified atom stereocenters. The lowest BCUT2D eigenvalue weighted by molar-refractivity contribution is 0.439. The van der Waals surface area contributed by atoms with E-state index in [1.807, 2.05) is 0 Å². The van der Waals surface area contributed by atoms with E-state index in [9.17, 15) is 0 Å². The van der Waals surface area contributed by atoms with Crippen LogP contribution in [0.4, 0.5) is 0 Å². The van der Waals surface area contributed by atoms with Gasteiger partial charge in [0.15, 0.2) is 0 Å². The van der Waals surface area contributed by atoms with Crippen LogP contribution in [0.1, 0.15) is 11.1 Å². The monoisotopic (exact) mass is 574 g/mol. The molecule has 0 amide bonds. The molecule has 212 valence electrons. The summed E-state index contributed by atoms with van der Waals surface area (Å²) in [6, 6.07) is 52.8. The molecule has 2 nitrogen and oxygen atoms in total. The molecule has 7 aromatic rings. The molecule has 0 bridgehead atoms. The maximum Gasteiger partial charge on any atom is 0.130 e. The maximum atomic E-state index is 3.78. The van der Waals surface area contributed by atoms with Gasteiger partial charge in [-0.2, -0.15) is 0 Å². The molecule has 0 aromatic heterocycles. The third-order valence-electron chi connectivity index (χ3n) is 9.28. The summed E-state index contributed by atoms with van der Waals surface area (Å²) in [6.45, 7) is 0. The van der Waals surface area contributed by atoms with Crippen molar-refractivity contribution in [2.45, 2.75) is 6.17 Å². The van der Waals surface area contributed by atoms with Gasteiger partial charge >= 0.3 is 0 Å². The van der Waals surface area contributed by atoms with Crippen LogP contribution in [0.2, 0.25) is 0 Å². The fourth-order valence-corrected chi connectivity index (χ4v) is 7.22. The summed E-state index contributed by atoms with van der Waals surface area (Å²) in [5.41, 5.74) is 9.87. The molecule has 0 fully saturated rings. The molecular formula is C43H30N2. The summed E-state index contributed by atoms with van der Waals surface area (Å²) < 4.78 is 0. The van der Waals surface area contributed by atoms with Gasteiger partial charge in [0.2, 0.25) is 0 Å². The van der Waals surface area contributed by atoms with Crippen molar-refractivity contribution in [3.63, 3.8) is 0 Å². The first-order chi connectivity index (χ1) is 22.3. The second-order valence-corrected chi connectivity index (χ2v) is 11.8. The molecule has 0 saturated heterocycles. The molecule has 1 N–H and O–H groups in total. The molecular weight excluding hydrogens is 544 g/mol. The van der Waals surface area contributed by atoms with E-state index in [0.717, 1.165) is 5.70 Å². The average Bonchev–Trinajstić information content (AvgIpc) is 3.56. The highest BCUT2D eigenvalue weighted by molar-refractivity contribution is 6.23. The molecule has 0 saturated carbocycles. The highest BCUT2D eigenvalue weighted by atomic mass is 15.3. The molecule has 0 aliphatic carbocycles. The molecule has 45 heavy (non-hydrogen) atoms. The fourth-order valence-electron chi connectivity index (χ4n) is 7.22. The number of rotatable bonds is 4. The number of nitrogens with one attached hydrogen (secondary N) is 1. The van der Waals surface area contributed by atoms with Crippen molar-refractivity contribution in [1.29, 1.82) is 0 Å². The lowest BCUT2D eigenvalue weighted by Gasteiger charge is -2.28. The summed E-state index contributed by atoms with van der Waals surface area (Å²) in [4.78, 5) is 2.26. The number of nitrogens with zero attached hydrogens (tertiary/aromatic N) is 1. The second kappa shape index (κ2) is 10.4. The van der Waals surface area contributed by atoms with E-state index in [4.69, 9.17) is 0 Å². The minimum Gasteiger partial charge on any atom is -0.359 e. The Kier molecular flexibility index (Phi) is 5.92. The van der Waals surface area contributed by atoms with E-state index in [1.165, 1.54) is 71.3 Å². The third-order valence-corrected chi connectivity index (χ3v) is 9.28. The van der Waals surface area contributed by atoms with Gasteiger partial charge < -0.3 is 10.2 Å². The number of allylic oxidation sites excluding steroid dienone is 2. The average molecular weight is 575 g/mol. The number of hydrogen-bond acceptors (Lipinski definition) is 2. The van der Waals surface area contributed by atoms with Crippen molar-refractivity contribution in [3.8, 4) is 22.3 Å². The smallest absolute Gasteiger partial charge is 0.130 e.